The molecule has 0 aromatic heterocycles. The van der Waals surface area contributed by atoms with Crippen molar-refractivity contribution in [3.63, 3.8) is 0 Å². The SMILES string of the molecule is O=Cc1cc(C(Br)(Br)Br)cc(C(Br)(Br)Br)c1. The van der Waals surface area contributed by atoms with Gasteiger partial charge in [-0.3, -0.25) is 4.79 Å². The van der Waals surface area contributed by atoms with Crippen LogP contribution in [-0.2, 0) is 4.29 Å². The quantitative estimate of drug-likeness (QED) is 0.279. The molecule has 1 aromatic rings. The molecule has 0 radical (unpaired) electrons. The van der Waals surface area contributed by atoms with Crippen molar-refractivity contribution in [3.8, 4) is 0 Å². The lowest BCUT2D eigenvalue weighted by Crippen LogP contribution is -2.05. The van der Waals surface area contributed by atoms with Crippen molar-refractivity contribution >= 4 is 102 Å². The second-order valence-corrected chi connectivity index (χ2v) is 16.5. The van der Waals surface area contributed by atoms with E-state index in [0.29, 0.717) is 5.56 Å². The molecule has 7 heteroatoms. The number of hydrogen-bond acceptors (Lipinski definition) is 1. The molecule has 0 aliphatic heterocycles. The van der Waals surface area contributed by atoms with E-state index in [1.807, 2.05) is 6.07 Å². The van der Waals surface area contributed by atoms with E-state index in [-0.39, 0.29) is 0 Å². The first-order chi connectivity index (χ1) is 7.14. The molecule has 0 atom stereocenters. The van der Waals surface area contributed by atoms with Crippen LogP contribution >= 0.6 is 95.6 Å². The highest BCUT2D eigenvalue weighted by Gasteiger charge is 2.27. The number of alkyl halides is 6. The summed E-state index contributed by atoms with van der Waals surface area (Å²) in [6, 6.07) is 5.50. The van der Waals surface area contributed by atoms with Gasteiger partial charge < -0.3 is 0 Å². The lowest BCUT2D eigenvalue weighted by atomic mass is 10.1. The molecule has 16 heavy (non-hydrogen) atoms. The molecular weight excluding hydrogens is 604 g/mol. The lowest BCUT2D eigenvalue weighted by Gasteiger charge is -2.18. The minimum absolute atomic E-state index is 0.543. The highest BCUT2D eigenvalue weighted by atomic mass is 80.0. The van der Waals surface area contributed by atoms with Gasteiger partial charge in [-0.2, -0.15) is 0 Å². The summed E-state index contributed by atoms with van der Waals surface area (Å²) in [6.07, 6.45) is 0.810. The predicted molar refractivity (Wildman–Crippen MR) is 88.7 cm³/mol. The maximum Gasteiger partial charge on any atom is 0.159 e. The molecule has 0 unspecified atom stereocenters. The minimum Gasteiger partial charge on any atom is -0.298 e. The van der Waals surface area contributed by atoms with Gasteiger partial charge in [-0.25, -0.2) is 0 Å². The molecule has 0 saturated heterocycles. The summed E-state index contributed by atoms with van der Waals surface area (Å²) in [5.74, 6) is 0. The summed E-state index contributed by atoms with van der Waals surface area (Å²) in [7, 11) is 0. The zero-order valence-corrected chi connectivity index (χ0v) is 17.0. The first kappa shape index (κ1) is 15.8. The summed E-state index contributed by atoms with van der Waals surface area (Å²) in [5, 5.41) is 0. The highest BCUT2D eigenvalue weighted by Crippen LogP contribution is 2.49. The Morgan fingerprint density at radius 1 is 0.812 bits per heavy atom. The molecule has 0 heterocycles. The Morgan fingerprint density at radius 2 is 1.19 bits per heavy atom. The van der Waals surface area contributed by atoms with Crippen molar-refractivity contribution in [2.24, 2.45) is 0 Å². The Balaban J connectivity index is 3.39. The van der Waals surface area contributed by atoms with E-state index in [4.69, 9.17) is 0 Å². The van der Waals surface area contributed by atoms with Crippen LogP contribution in [0.2, 0.25) is 0 Å². The van der Waals surface area contributed by atoms with Crippen LogP contribution in [0.3, 0.4) is 0 Å². The van der Waals surface area contributed by atoms with E-state index in [2.05, 4.69) is 95.6 Å². The fourth-order valence-corrected chi connectivity index (χ4v) is 2.42. The topological polar surface area (TPSA) is 17.1 Å². The van der Waals surface area contributed by atoms with Crippen molar-refractivity contribution < 1.29 is 4.79 Å². The standard InChI is InChI=1S/C9H4Br6O/c10-8(11,12)6-1-5(4-16)2-7(3-6)9(13,14)15/h1-4H. The Labute approximate surface area is 144 Å². The number of rotatable bonds is 1. The van der Waals surface area contributed by atoms with Crippen LogP contribution in [0.1, 0.15) is 21.5 Å². The average Bonchev–Trinajstić information content (AvgIpc) is 2.14. The van der Waals surface area contributed by atoms with Crippen LogP contribution in [0.15, 0.2) is 18.2 Å². The molecular formula is C9H4Br6O. The third kappa shape index (κ3) is 4.46. The molecule has 0 fully saturated rings. The molecule has 0 saturated carbocycles. The summed E-state index contributed by atoms with van der Waals surface area (Å²) in [6.45, 7) is 0. The number of aldehydes is 1. The van der Waals surface area contributed by atoms with Gasteiger partial charge in [-0.1, -0.05) is 95.6 Å². The number of carbonyl (C=O) groups excluding carboxylic acids is 1. The van der Waals surface area contributed by atoms with Gasteiger partial charge in [0.15, 0.2) is 4.29 Å². The third-order valence-electron chi connectivity index (χ3n) is 1.75. The Bertz CT molecular complexity index is 371. The number of halogens is 6. The third-order valence-corrected chi connectivity index (χ3v) is 4.49. The monoisotopic (exact) mass is 602 g/mol. The Morgan fingerprint density at radius 3 is 1.44 bits per heavy atom. The normalized spacial score (nSPS) is 12.6. The van der Waals surface area contributed by atoms with E-state index in [1.54, 1.807) is 12.1 Å². The molecule has 88 valence electrons. The molecule has 0 aliphatic carbocycles. The Kier molecular flexibility index (Phi) is 5.76. The number of benzene rings is 1. The van der Waals surface area contributed by atoms with Gasteiger partial charge in [-0.15, -0.1) is 0 Å². The zero-order valence-electron chi connectivity index (χ0n) is 7.49. The summed E-state index contributed by atoms with van der Waals surface area (Å²) < 4.78 is -1.09. The summed E-state index contributed by atoms with van der Waals surface area (Å²) >= 11 is 20.5. The Hall–Kier alpha value is 1.77. The number of carbonyl (C=O) groups is 1. The second-order valence-electron chi connectivity index (χ2n) is 2.96. The lowest BCUT2D eigenvalue weighted by molar-refractivity contribution is 0.112. The average molecular weight is 608 g/mol. The van der Waals surface area contributed by atoms with E-state index in [0.717, 1.165) is 17.4 Å². The number of hydrogen-bond donors (Lipinski definition) is 0. The van der Waals surface area contributed by atoms with Crippen molar-refractivity contribution in [2.45, 2.75) is 4.29 Å². The van der Waals surface area contributed by atoms with Crippen molar-refractivity contribution in [1.82, 2.24) is 0 Å². The summed E-state index contributed by atoms with van der Waals surface area (Å²) in [4.78, 5) is 10.9. The fraction of sp³-hybridized carbons (Fsp3) is 0.222. The van der Waals surface area contributed by atoms with E-state index < -0.39 is 4.29 Å². The van der Waals surface area contributed by atoms with Crippen molar-refractivity contribution in [1.29, 1.82) is 0 Å². The molecule has 0 aliphatic rings. The van der Waals surface area contributed by atoms with Gasteiger partial charge in [0.2, 0.25) is 0 Å². The van der Waals surface area contributed by atoms with E-state index in [1.165, 1.54) is 0 Å². The van der Waals surface area contributed by atoms with Gasteiger partial charge in [-0.05, 0) is 29.3 Å². The van der Waals surface area contributed by atoms with Crippen LogP contribution in [0.25, 0.3) is 0 Å². The van der Waals surface area contributed by atoms with Crippen LogP contribution in [0.4, 0.5) is 0 Å². The van der Waals surface area contributed by atoms with Crippen LogP contribution in [-0.4, -0.2) is 6.29 Å². The van der Waals surface area contributed by atoms with Gasteiger partial charge >= 0.3 is 0 Å². The largest absolute Gasteiger partial charge is 0.298 e. The zero-order chi connectivity index (χ0) is 12.6. The van der Waals surface area contributed by atoms with Gasteiger partial charge in [0.25, 0.3) is 0 Å². The van der Waals surface area contributed by atoms with Crippen LogP contribution < -0.4 is 0 Å². The predicted octanol–water partition coefficient (Wildman–Crippen LogP) is 6.09. The summed E-state index contributed by atoms with van der Waals surface area (Å²) in [5.41, 5.74) is 2.36. The highest BCUT2D eigenvalue weighted by molar-refractivity contribution is 9.39. The second kappa shape index (κ2) is 5.82. The molecule has 1 aromatic carbocycles. The van der Waals surface area contributed by atoms with E-state index in [9.17, 15) is 4.79 Å². The van der Waals surface area contributed by atoms with Gasteiger partial charge in [0, 0.05) is 5.56 Å². The molecule has 0 N–H and O–H groups in total. The first-order valence-corrected chi connectivity index (χ1v) is 8.65. The minimum atomic E-state index is -0.543. The van der Waals surface area contributed by atoms with Crippen molar-refractivity contribution in [2.75, 3.05) is 0 Å². The van der Waals surface area contributed by atoms with Crippen LogP contribution in [0, 0.1) is 0 Å². The van der Waals surface area contributed by atoms with Crippen LogP contribution in [0.5, 0.6) is 0 Å². The molecule has 1 nitrogen and oxygen atoms in total. The molecule has 0 bridgehead atoms. The fourth-order valence-electron chi connectivity index (χ4n) is 1.05. The molecule has 0 spiro atoms. The first-order valence-electron chi connectivity index (χ1n) is 3.89. The van der Waals surface area contributed by atoms with Gasteiger partial charge in [0.05, 0.1) is 0 Å². The van der Waals surface area contributed by atoms with Crippen molar-refractivity contribution in [3.05, 3.63) is 34.9 Å². The van der Waals surface area contributed by atoms with Gasteiger partial charge in [0.1, 0.15) is 6.29 Å². The molecule has 1 rings (SSSR count). The molecule has 0 amide bonds. The van der Waals surface area contributed by atoms with E-state index >= 15 is 0 Å². The maximum absolute atomic E-state index is 10.9. The smallest absolute Gasteiger partial charge is 0.159 e. The maximum atomic E-state index is 10.9.